The van der Waals surface area contributed by atoms with Gasteiger partial charge in [-0.1, -0.05) is 35.9 Å². The highest BCUT2D eigenvalue weighted by molar-refractivity contribution is 6.31. The van der Waals surface area contributed by atoms with Crippen molar-refractivity contribution in [3.63, 3.8) is 0 Å². The highest BCUT2D eigenvalue weighted by Gasteiger charge is 2.13. The average Bonchev–Trinajstić information content (AvgIpc) is 3.20. The van der Waals surface area contributed by atoms with Crippen molar-refractivity contribution < 1.29 is 14.3 Å². The molecule has 0 saturated carbocycles. The Morgan fingerprint density at radius 2 is 1.89 bits per heavy atom. The van der Waals surface area contributed by atoms with Crippen LogP contribution in [0.4, 0.5) is 5.82 Å². The standard InChI is InChI=1S/C21H18ClN3O3/c22-17-4-2-1-3-15(17)11-25-21(26)16-6-8-20(24-12-16)23-10-14-5-7-18-19(9-14)28-13-27-18/h1-9,12H,10-11,13H2,(H,23,24)(H,25,26). The summed E-state index contributed by atoms with van der Waals surface area (Å²) < 4.78 is 10.7. The quantitative estimate of drug-likeness (QED) is 0.659. The number of nitrogens with zero attached hydrogens (tertiary/aromatic N) is 1. The monoisotopic (exact) mass is 395 g/mol. The minimum Gasteiger partial charge on any atom is -0.454 e. The van der Waals surface area contributed by atoms with Crippen molar-refractivity contribution in [1.29, 1.82) is 0 Å². The third-order valence-corrected chi connectivity index (χ3v) is 4.70. The molecule has 0 spiro atoms. The Balaban J connectivity index is 1.32. The van der Waals surface area contributed by atoms with E-state index in [0.717, 1.165) is 22.6 Å². The second kappa shape index (κ2) is 8.19. The second-order valence-electron chi connectivity index (χ2n) is 6.25. The fourth-order valence-corrected chi connectivity index (χ4v) is 3.00. The first-order chi connectivity index (χ1) is 13.7. The molecule has 0 aliphatic carbocycles. The number of amides is 1. The summed E-state index contributed by atoms with van der Waals surface area (Å²) in [6, 6.07) is 16.7. The molecule has 0 radical (unpaired) electrons. The molecule has 1 aromatic heterocycles. The molecule has 0 unspecified atom stereocenters. The number of fused-ring (bicyclic) bond motifs is 1. The second-order valence-corrected chi connectivity index (χ2v) is 6.65. The number of pyridine rings is 1. The van der Waals surface area contributed by atoms with Gasteiger partial charge in [0.1, 0.15) is 5.82 Å². The minimum absolute atomic E-state index is 0.199. The number of ether oxygens (including phenoxy) is 2. The van der Waals surface area contributed by atoms with E-state index in [1.807, 2.05) is 36.4 Å². The van der Waals surface area contributed by atoms with E-state index in [9.17, 15) is 4.79 Å². The summed E-state index contributed by atoms with van der Waals surface area (Å²) >= 11 is 6.10. The van der Waals surface area contributed by atoms with E-state index in [-0.39, 0.29) is 12.7 Å². The van der Waals surface area contributed by atoms with E-state index < -0.39 is 0 Å². The maximum absolute atomic E-state index is 12.3. The van der Waals surface area contributed by atoms with Gasteiger partial charge in [-0.2, -0.15) is 0 Å². The Morgan fingerprint density at radius 3 is 2.71 bits per heavy atom. The summed E-state index contributed by atoms with van der Waals surface area (Å²) in [6.45, 7) is 1.21. The fraction of sp³-hybridized carbons (Fsp3) is 0.143. The maximum atomic E-state index is 12.3. The number of anilines is 1. The summed E-state index contributed by atoms with van der Waals surface area (Å²) in [6.07, 6.45) is 1.55. The molecular weight excluding hydrogens is 378 g/mol. The van der Waals surface area contributed by atoms with Gasteiger partial charge in [-0.15, -0.1) is 0 Å². The van der Waals surface area contributed by atoms with Crippen molar-refractivity contribution in [2.24, 2.45) is 0 Å². The van der Waals surface area contributed by atoms with Gasteiger partial charge in [-0.3, -0.25) is 4.79 Å². The Kier molecular flexibility index (Phi) is 5.30. The molecule has 0 fully saturated rings. The smallest absolute Gasteiger partial charge is 0.253 e. The largest absolute Gasteiger partial charge is 0.454 e. The lowest BCUT2D eigenvalue weighted by atomic mass is 10.2. The lowest BCUT2D eigenvalue weighted by Crippen LogP contribution is -2.23. The molecule has 2 aromatic carbocycles. The molecule has 6 nitrogen and oxygen atoms in total. The van der Waals surface area contributed by atoms with Crippen LogP contribution in [0, 0.1) is 0 Å². The summed E-state index contributed by atoms with van der Waals surface area (Å²) in [5.74, 6) is 1.99. The number of hydrogen-bond donors (Lipinski definition) is 2. The molecule has 1 amide bonds. The van der Waals surface area contributed by atoms with Crippen LogP contribution in [0.15, 0.2) is 60.8 Å². The molecule has 1 aliphatic heterocycles. The van der Waals surface area contributed by atoms with Crippen molar-refractivity contribution in [3.05, 3.63) is 82.5 Å². The zero-order valence-corrected chi connectivity index (χ0v) is 15.7. The molecule has 7 heteroatoms. The number of carbonyl (C=O) groups excluding carboxylic acids is 1. The molecule has 2 N–H and O–H groups in total. The third-order valence-electron chi connectivity index (χ3n) is 4.33. The van der Waals surface area contributed by atoms with Crippen molar-refractivity contribution in [3.8, 4) is 11.5 Å². The van der Waals surface area contributed by atoms with E-state index in [1.165, 1.54) is 0 Å². The van der Waals surface area contributed by atoms with Crippen LogP contribution in [0.1, 0.15) is 21.5 Å². The Hall–Kier alpha value is -3.25. The van der Waals surface area contributed by atoms with Crippen LogP contribution >= 0.6 is 11.6 Å². The molecule has 0 atom stereocenters. The Bertz CT molecular complexity index is 992. The van der Waals surface area contributed by atoms with Crippen molar-refractivity contribution in [2.75, 3.05) is 12.1 Å². The van der Waals surface area contributed by atoms with E-state index in [4.69, 9.17) is 21.1 Å². The van der Waals surface area contributed by atoms with Gasteiger partial charge in [0.05, 0.1) is 5.56 Å². The first-order valence-electron chi connectivity index (χ1n) is 8.79. The maximum Gasteiger partial charge on any atom is 0.253 e. The first-order valence-corrected chi connectivity index (χ1v) is 9.17. The summed E-state index contributed by atoms with van der Waals surface area (Å²) in [5.41, 5.74) is 2.40. The number of benzene rings is 2. The lowest BCUT2D eigenvalue weighted by Gasteiger charge is -2.09. The predicted octanol–water partition coefficient (Wildman–Crippen LogP) is 4.01. The summed E-state index contributed by atoms with van der Waals surface area (Å²) in [7, 11) is 0. The van der Waals surface area contributed by atoms with Crippen LogP contribution in [-0.2, 0) is 13.1 Å². The van der Waals surface area contributed by atoms with Crippen molar-refractivity contribution in [2.45, 2.75) is 13.1 Å². The number of aromatic nitrogens is 1. The third kappa shape index (κ3) is 4.18. The van der Waals surface area contributed by atoms with Crippen molar-refractivity contribution >= 4 is 23.3 Å². The van der Waals surface area contributed by atoms with Crippen LogP contribution in [-0.4, -0.2) is 17.7 Å². The van der Waals surface area contributed by atoms with Gasteiger partial charge in [-0.05, 0) is 41.5 Å². The topological polar surface area (TPSA) is 72.5 Å². The number of carbonyl (C=O) groups is 1. The van der Waals surface area contributed by atoms with Crippen LogP contribution in [0.25, 0.3) is 0 Å². The van der Waals surface area contributed by atoms with Crippen LogP contribution in [0.5, 0.6) is 11.5 Å². The zero-order chi connectivity index (χ0) is 19.3. The van der Waals surface area contributed by atoms with Gasteiger partial charge in [0, 0.05) is 24.3 Å². The van der Waals surface area contributed by atoms with Gasteiger partial charge in [0.2, 0.25) is 6.79 Å². The lowest BCUT2D eigenvalue weighted by molar-refractivity contribution is 0.0950. The molecule has 142 valence electrons. The average molecular weight is 396 g/mol. The van der Waals surface area contributed by atoms with Crippen LogP contribution in [0.2, 0.25) is 5.02 Å². The molecule has 0 bridgehead atoms. The Labute approximate surface area is 167 Å². The Morgan fingerprint density at radius 1 is 1.04 bits per heavy atom. The number of hydrogen-bond acceptors (Lipinski definition) is 5. The van der Waals surface area contributed by atoms with Crippen LogP contribution in [0.3, 0.4) is 0 Å². The first kappa shape index (κ1) is 18.1. The molecule has 4 rings (SSSR count). The molecule has 1 aliphatic rings. The van der Waals surface area contributed by atoms with Gasteiger partial charge >= 0.3 is 0 Å². The summed E-state index contributed by atoms with van der Waals surface area (Å²) in [5, 5.41) is 6.70. The number of nitrogens with one attached hydrogen (secondary N) is 2. The van der Waals surface area contributed by atoms with E-state index >= 15 is 0 Å². The van der Waals surface area contributed by atoms with Crippen LogP contribution < -0.4 is 20.1 Å². The zero-order valence-electron chi connectivity index (χ0n) is 14.9. The predicted molar refractivity (Wildman–Crippen MR) is 107 cm³/mol. The highest BCUT2D eigenvalue weighted by Crippen LogP contribution is 2.32. The molecule has 3 aromatic rings. The van der Waals surface area contributed by atoms with Gasteiger partial charge in [-0.25, -0.2) is 4.98 Å². The van der Waals surface area contributed by atoms with E-state index in [1.54, 1.807) is 24.4 Å². The van der Waals surface area contributed by atoms with Gasteiger partial charge in [0.25, 0.3) is 5.91 Å². The molecular formula is C21H18ClN3O3. The molecule has 0 saturated heterocycles. The minimum atomic E-state index is -0.199. The SMILES string of the molecule is O=C(NCc1ccccc1Cl)c1ccc(NCc2ccc3c(c2)OCO3)nc1. The number of halogens is 1. The van der Waals surface area contributed by atoms with Gasteiger partial charge in [0.15, 0.2) is 11.5 Å². The van der Waals surface area contributed by atoms with Crippen molar-refractivity contribution in [1.82, 2.24) is 10.3 Å². The molecule has 2 heterocycles. The van der Waals surface area contributed by atoms with E-state index in [2.05, 4.69) is 15.6 Å². The van der Waals surface area contributed by atoms with Gasteiger partial charge < -0.3 is 20.1 Å². The summed E-state index contributed by atoms with van der Waals surface area (Å²) in [4.78, 5) is 16.6. The van der Waals surface area contributed by atoms with E-state index in [0.29, 0.717) is 29.5 Å². The fourth-order valence-electron chi connectivity index (χ4n) is 2.80. The normalized spacial score (nSPS) is 11.9. The molecule has 28 heavy (non-hydrogen) atoms. The highest BCUT2D eigenvalue weighted by atomic mass is 35.5. The number of rotatable bonds is 6.